The Hall–Kier alpha value is -1.42. The molecule has 2 N–H and O–H groups in total. The Morgan fingerprint density at radius 1 is 1.20 bits per heavy atom. The normalized spacial score (nSPS) is 10.3. The SMILES string of the molecule is Nc1cnc(Br)cc1-c1ccccc1F. The van der Waals surface area contributed by atoms with Gasteiger partial charge in [0.1, 0.15) is 10.4 Å². The number of halogens is 2. The van der Waals surface area contributed by atoms with E-state index in [2.05, 4.69) is 20.9 Å². The molecule has 0 amide bonds. The van der Waals surface area contributed by atoms with E-state index in [1.807, 2.05) is 0 Å². The van der Waals surface area contributed by atoms with Crippen molar-refractivity contribution >= 4 is 21.6 Å². The summed E-state index contributed by atoms with van der Waals surface area (Å²) in [7, 11) is 0. The molecule has 0 spiro atoms. The molecule has 1 heterocycles. The molecule has 2 rings (SSSR count). The van der Waals surface area contributed by atoms with Gasteiger partial charge >= 0.3 is 0 Å². The smallest absolute Gasteiger partial charge is 0.131 e. The molecular weight excluding hydrogens is 259 g/mol. The van der Waals surface area contributed by atoms with Gasteiger partial charge in [0.25, 0.3) is 0 Å². The van der Waals surface area contributed by atoms with Crippen molar-refractivity contribution in [3.05, 3.63) is 46.9 Å². The quantitative estimate of drug-likeness (QED) is 0.805. The molecule has 76 valence electrons. The molecule has 1 aromatic heterocycles. The molecule has 0 unspecified atom stereocenters. The fourth-order valence-electron chi connectivity index (χ4n) is 1.35. The molecular formula is C11H8BrFN2. The van der Waals surface area contributed by atoms with Crippen molar-refractivity contribution in [1.82, 2.24) is 4.98 Å². The fraction of sp³-hybridized carbons (Fsp3) is 0. The molecule has 1 aromatic carbocycles. The average molecular weight is 267 g/mol. The van der Waals surface area contributed by atoms with Gasteiger partial charge in [-0.15, -0.1) is 0 Å². The number of nitrogens with zero attached hydrogens (tertiary/aromatic N) is 1. The largest absolute Gasteiger partial charge is 0.397 e. The van der Waals surface area contributed by atoms with Gasteiger partial charge in [0, 0.05) is 11.1 Å². The van der Waals surface area contributed by atoms with Crippen LogP contribution in [0.3, 0.4) is 0 Å². The van der Waals surface area contributed by atoms with Crippen LogP contribution in [0.15, 0.2) is 41.1 Å². The van der Waals surface area contributed by atoms with Crippen LogP contribution in [-0.2, 0) is 0 Å². The minimum absolute atomic E-state index is 0.290. The highest BCUT2D eigenvalue weighted by Gasteiger charge is 2.08. The Bertz CT molecular complexity index is 500. The number of nitrogens with two attached hydrogens (primary N) is 1. The first-order chi connectivity index (χ1) is 7.18. The Morgan fingerprint density at radius 2 is 1.93 bits per heavy atom. The zero-order valence-electron chi connectivity index (χ0n) is 7.74. The van der Waals surface area contributed by atoms with Crippen LogP contribution >= 0.6 is 15.9 Å². The van der Waals surface area contributed by atoms with Crippen molar-refractivity contribution < 1.29 is 4.39 Å². The van der Waals surface area contributed by atoms with Crippen molar-refractivity contribution in [1.29, 1.82) is 0 Å². The number of pyridine rings is 1. The molecule has 2 aromatic rings. The lowest BCUT2D eigenvalue weighted by molar-refractivity contribution is 0.631. The Kier molecular flexibility index (Phi) is 2.68. The number of nitrogen functional groups attached to an aromatic ring is 1. The third kappa shape index (κ3) is 1.99. The number of aromatic nitrogens is 1. The minimum atomic E-state index is -0.290. The van der Waals surface area contributed by atoms with Gasteiger partial charge < -0.3 is 5.73 Å². The summed E-state index contributed by atoms with van der Waals surface area (Å²) >= 11 is 3.23. The molecule has 0 aliphatic heterocycles. The highest BCUT2D eigenvalue weighted by Crippen LogP contribution is 2.29. The van der Waals surface area contributed by atoms with E-state index in [4.69, 9.17) is 5.73 Å². The highest BCUT2D eigenvalue weighted by atomic mass is 79.9. The summed E-state index contributed by atoms with van der Waals surface area (Å²) in [4.78, 5) is 3.96. The third-order valence-corrected chi connectivity index (χ3v) is 2.50. The Morgan fingerprint density at radius 3 is 2.67 bits per heavy atom. The van der Waals surface area contributed by atoms with Crippen LogP contribution in [0.2, 0.25) is 0 Å². The lowest BCUT2D eigenvalue weighted by Crippen LogP contribution is -1.93. The summed E-state index contributed by atoms with van der Waals surface area (Å²) in [5.41, 5.74) is 7.33. The molecule has 0 saturated heterocycles. The Balaban J connectivity index is 2.64. The summed E-state index contributed by atoms with van der Waals surface area (Å²) in [5, 5.41) is 0. The van der Waals surface area contributed by atoms with Crippen molar-refractivity contribution in [2.75, 3.05) is 5.73 Å². The van der Waals surface area contributed by atoms with E-state index in [9.17, 15) is 4.39 Å². The van der Waals surface area contributed by atoms with E-state index in [0.29, 0.717) is 21.4 Å². The first-order valence-corrected chi connectivity index (χ1v) is 5.13. The van der Waals surface area contributed by atoms with Crippen LogP contribution in [0, 0.1) is 5.82 Å². The van der Waals surface area contributed by atoms with E-state index < -0.39 is 0 Å². The van der Waals surface area contributed by atoms with Crippen LogP contribution in [0.25, 0.3) is 11.1 Å². The molecule has 0 radical (unpaired) electrons. The number of rotatable bonds is 1. The summed E-state index contributed by atoms with van der Waals surface area (Å²) < 4.78 is 14.1. The maximum Gasteiger partial charge on any atom is 0.131 e. The van der Waals surface area contributed by atoms with Crippen LogP contribution < -0.4 is 5.73 Å². The lowest BCUT2D eigenvalue weighted by Gasteiger charge is -2.06. The second-order valence-corrected chi connectivity index (χ2v) is 3.89. The van der Waals surface area contributed by atoms with Crippen molar-refractivity contribution in [3.8, 4) is 11.1 Å². The topological polar surface area (TPSA) is 38.9 Å². The molecule has 0 aliphatic rings. The zero-order chi connectivity index (χ0) is 10.8. The first-order valence-electron chi connectivity index (χ1n) is 4.34. The van der Waals surface area contributed by atoms with Crippen molar-refractivity contribution in [2.45, 2.75) is 0 Å². The molecule has 0 fully saturated rings. The molecule has 0 bridgehead atoms. The summed E-state index contributed by atoms with van der Waals surface area (Å²) in [5.74, 6) is -0.290. The van der Waals surface area contributed by atoms with E-state index in [-0.39, 0.29) is 5.82 Å². The van der Waals surface area contributed by atoms with Gasteiger partial charge in [-0.05, 0) is 28.1 Å². The number of hydrogen-bond acceptors (Lipinski definition) is 2. The molecule has 0 atom stereocenters. The van der Waals surface area contributed by atoms with Gasteiger partial charge in [-0.1, -0.05) is 18.2 Å². The van der Waals surface area contributed by atoms with Crippen molar-refractivity contribution in [3.63, 3.8) is 0 Å². The zero-order valence-corrected chi connectivity index (χ0v) is 9.33. The van der Waals surface area contributed by atoms with Gasteiger partial charge in [0.05, 0.1) is 11.9 Å². The monoisotopic (exact) mass is 266 g/mol. The van der Waals surface area contributed by atoms with Gasteiger partial charge in [-0.3, -0.25) is 0 Å². The van der Waals surface area contributed by atoms with Gasteiger partial charge in [-0.25, -0.2) is 9.37 Å². The van der Waals surface area contributed by atoms with E-state index in [1.54, 1.807) is 24.3 Å². The highest BCUT2D eigenvalue weighted by molar-refractivity contribution is 9.10. The van der Waals surface area contributed by atoms with Gasteiger partial charge in [-0.2, -0.15) is 0 Å². The number of anilines is 1. The molecule has 15 heavy (non-hydrogen) atoms. The maximum atomic E-state index is 13.5. The number of hydrogen-bond donors (Lipinski definition) is 1. The van der Waals surface area contributed by atoms with Gasteiger partial charge in [0.2, 0.25) is 0 Å². The van der Waals surface area contributed by atoms with E-state index in [0.717, 1.165) is 0 Å². The van der Waals surface area contributed by atoms with Crippen LogP contribution in [0.4, 0.5) is 10.1 Å². The summed E-state index contributed by atoms with van der Waals surface area (Å²) in [6.45, 7) is 0. The predicted molar refractivity (Wildman–Crippen MR) is 61.7 cm³/mol. The first kappa shape index (κ1) is 10.1. The maximum absolute atomic E-state index is 13.5. The minimum Gasteiger partial charge on any atom is -0.397 e. The molecule has 0 aliphatic carbocycles. The average Bonchev–Trinajstić information content (AvgIpc) is 2.23. The summed E-state index contributed by atoms with van der Waals surface area (Å²) in [6.07, 6.45) is 1.51. The lowest BCUT2D eigenvalue weighted by atomic mass is 10.1. The van der Waals surface area contributed by atoms with E-state index in [1.165, 1.54) is 12.3 Å². The molecule has 4 heteroatoms. The summed E-state index contributed by atoms with van der Waals surface area (Å²) in [6, 6.07) is 8.21. The van der Waals surface area contributed by atoms with Crippen molar-refractivity contribution in [2.24, 2.45) is 0 Å². The second kappa shape index (κ2) is 3.98. The third-order valence-electron chi connectivity index (χ3n) is 2.07. The predicted octanol–water partition coefficient (Wildman–Crippen LogP) is 3.23. The van der Waals surface area contributed by atoms with E-state index >= 15 is 0 Å². The molecule has 0 saturated carbocycles. The second-order valence-electron chi connectivity index (χ2n) is 3.07. The van der Waals surface area contributed by atoms with Gasteiger partial charge in [0.15, 0.2) is 0 Å². The van der Waals surface area contributed by atoms with Crippen LogP contribution in [0.5, 0.6) is 0 Å². The fourth-order valence-corrected chi connectivity index (χ4v) is 1.68. The standard InChI is InChI=1S/C11H8BrFN2/c12-11-5-8(10(14)6-15-11)7-3-1-2-4-9(7)13/h1-6H,14H2. The van der Waals surface area contributed by atoms with Crippen LogP contribution in [0.1, 0.15) is 0 Å². The Labute approximate surface area is 95.1 Å². The van der Waals surface area contributed by atoms with Crippen LogP contribution in [-0.4, -0.2) is 4.98 Å². The number of benzene rings is 1. The molecule has 2 nitrogen and oxygen atoms in total.